The van der Waals surface area contributed by atoms with E-state index in [1.54, 1.807) is 29.2 Å². The molecular formula is C19H27N3O3S. The molecule has 6 nitrogen and oxygen atoms in total. The minimum atomic E-state index is -0.902. The molecule has 7 heteroatoms. The summed E-state index contributed by atoms with van der Waals surface area (Å²) in [6, 6.07) is 7.06. The van der Waals surface area contributed by atoms with E-state index in [0.717, 1.165) is 25.7 Å². The molecule has 1 aromatic carbocycles. The van der Waals surface area contributed by atoms with Gasteiger partial charge in [0, 0.05) is 46.9 Å². The summed E-state index contributed by atoms with van der Waals surface area (Å²) < 4.78 is 12.2. The Morgan fingerprint density at radius 2 is 2.00 bits per heavy atom. The van der Waals surface area contributed by atoms with Crippen molar-refractivity contribution in [2.75, 3.05) is 24.2 Å². The molecule has 2 fully saturated rings. The number of rotatable bonds is 5. The molecule has 1 aliphatic heterocycles. The van der Waals surface area contributed by atoms with Gasteiger partial charge in [-0.25, -0.2) is 4.79 Å². The van der Waals surface area contributed by atoms with E-state index in [-0.39, 0.29) is 22.7 Å². The molecule has 3 amide bonds. The third-order valence-corrected chi connectivity index (χ3v) is 7.59. The third kappa shape index (κ3) is 4.09. The zero-order valence-corrected chi connectivity index (χ0v) is 16.2. The quantitative estimate of drug-likeness (QED) is 0.828. The average molecular weight is 378 g/mol. The molecule has 1 heterocycles. The van der Waals surface area contributed by atoms with E-state index < -0.39 is 10.8 Å². The van der Waals surface area contributed by atoms with E-state index in [0.29, 0.717) is 30.1 Å². The molecule has 0 radical (unpaired) electrons. The summed E-state index contributed by atoms with van der Waals surface area (Å²) in [7, 11) is -0.902. The van der Waals surface area contributed by atoms with Crippen LogP contribution in [0.4, 0.5) is 10.5 Å². The van der Waals surface area contributed by atoms with Crippen molar-refractivity contribution in [3.05, 3.63) is 29.8 Å². The smallest absolute Gasteiger partial charge is 0.319 e. The van der Waals surface area contributed by atoms with Crippen LogP contribution in [0.3, 0.4) is 0 Å². The van der Waals surface area contributed by atoms with Gasteiger partial charge in [0.1, 0.15) is 0 Å². The number of nitrogens with zero attached hydrogens (tertiary/aromatic N) is 1. The summed E-state index contributed by atoms with van der Waals surface area (Å²) in [5.74, 6) is 0.453. The van der Waals surface area contributed by atoms with Crippen LogP contribution in [0.1, 0.15) is 49.9 Å². The summed E-state index contributed by atoms with van der Waals surface area (Å²) in [5, 5.41) is 5.65. The summed E-state index contributed by atoms with van der Waals surface area (Å²) >= 11 is 0. The van der Waals surface area contributed by atoms with Gasteiger partial charge in [0.25, 0.3) is 5.91 Å². The van der Waals surface area contributed by atoms with Crippen LogP contribution in [-0.2, 0) is 10.8 Å². The van der Waals surface area contributed by atoms with E-state index >= 15 is 0 Å². The highest BCUT2D eigenvalue weighted by molar-refractivity contribution is 7.86. The lowest BCUT2D eigenvalue weighted by atomic mass is 10.0. The molecule has 0 spiro atoms. The zero-order chi connectivity index (χ0) is 18.7. The van der Waals surface area contributed by atoms with Crippen LogP contribution >= 0.6 is 0 Å². The van der Waals surface area contributed by atoms with E-state index in [1.807, 2.05) is 13.8 Å². The second-order valence-electron chi connectivity index (χ2n) is 7.12. The number of benzene rings is 1. The van der Waals surface area contributed by atoms with E-state index in [9.17, 15) is 13.8 Å². The first-order chi connectivity index (χ1) is 12.5. The fourth-order valence-electron chi connectivity index (χ4n) is 3.37. The van der Waals surface area contributed by atoms with Crippen molar-refractivity contribution in [2.24, 2.45) is 0 Å². The van der Waals surface area contributed by atoms with Crippen LogP contribution < -0.4 is 10.6 Å². The normalized spacial score (nSPS) is 21.9. The van der Waals surface area contributed by atoms with Crippen LogP contribution in [0.2, 0.25) is 0 Å². The topological polar surface area (TPSA) is 78.5 Å². The number of amides is 3. The highest BCUT2D eigenvalue weighted by atomic mass is 32.2. The third-order valence-electron chi connectivity index (χ3n) is 5.36. The molecule has 26 heavy (non-hydrogen) atoms. The molecule has 1 atom stereocenters. The number of carbonyl (C=O) groups excluding carboxylic acids is 2. The van der Waals surface area contributed by atoms with Crippen molar-refractivity contribution in [3.63, 3.8) is 0 Å². The van der Waals surface area contributed by atoms with E-state index in [2.05, 4.69) is 10.6 Å². The maximum absolute atomic E-state index is 13.0. The number of anilines is 1. The zero-order valence-electron chi connectivity index (χ0n) is 15.4. The van der Waals surface area contributed by atoms with Crippen molar-refractivity contribution >= 4 is 28.4 Å². The largest absolute Gasteiger partial charge is 0.336 e. The number of urea groups is 1. The van der Waals surface area contributed by atoms with Gasteiger partial charge in [0.2, 0.25) is 0 Å². The van der Waals surface area contributed by atoms with Crippen LogP contribution in [0.5, 0.6) is 0 Å². The predicted octanol–water partition coefficient (Wildman–Crippen LogP) is 2.73. The first kappa shape index (κ1) is 18.9. The second-order valence-corrected chi connectivity index (χ2v) is 9.09. The first-order valence-corrected chi connectivity index (χ1v) is 10.6. The van der Waals surface area contributed by atoms with Gasteiger partial charge in [0.15, 0.2) is 0 Å². The monoisotopic (exact) mass is 377 g/mol. The number of carbonyl (C=O) groups is 2. The van der Waals surface area contributed by atoms with Gasteiger partial charge in [-0.15, -0.1) is 0 Å². The molecule has 2 N–H and O–H groups in total. The molecule has 142 valence electrons. The summed E-state index contributed by atoms with van der Waals surface area (Å²) in [6.45, 7) is 5.11. The number of hydrogen-bond acceptors (Lipinski definition) is 3. The van der Waals surface area contributed by atoms with E-state index in [4.69, 9.17) is 0 Å². The SMILES string of the molecule is CCC1(CC)CN(C(=O)c2cccc(NC(=O)NC3CC3)c2)CCS1=O. The molecular weight excluding hydrogens is 350 g/mol. The Bertz CT molecular complexity index is 714. The number of hydrogen-bond donors (Lipinski definition) is 2. The maximum atomic E-state index is 13.0. The van der Waals surface area contributed by atoms with Crippen molar-refractivity contribution in [2.45, 2.75) is 50.3 Å². The summed E-state index contributed by atoms with van der Waals surface area (Å²) in [6.07, 6.45) is 3.64. The Balaban J connectivity index is 1.70. The van der Waals surface area contributed by atoms with Gasteiger partial charge in [-0.2, -0.15) is 0 Å². The Hall–Kier alpha value is -1.89. The van der Waals surface area contributed by atoms with Gasteiger partial charge in [-0.05, 0) is 43.9 Å². The predicted molar refractivity (Wildman–Crippen MR) is 104 cm³/mol. The van der Waals surface area contributed by atoms with Crippen molar-refractivity contribution in [1.82, 2.24) is 10.2 Å². The van der Waals surface area contributed by atoms with E-state index in [1.165, 1.54) is 0 Å². The van der Waals surface area contributed by atoms with Crippen molar-refractivity contribution in [1.29, 1.82) is 0 Å². The minimum absolute atomic E-state index is 0.0702. The van der Waals surface area contributed by atoms with Crippen LogP contribution in [-0.4, -0.2) is 50.7 Å². The lowest BCUT2D eigenvalue weighted by molar-refractivity contribution is 0.0736. The second kappa shape index (κ2) is 7.78. The van der Waals surface area contributed by atoms with Crippen LogP contribution in [0.15, 0.2) is 24.3 Å². The fraction of sp³-hybridized carbons (Fsp3) is 0.579. The molecule has 3 rings (SSSR count). The molecule has 2 aliphatic rings. The van der Waals surface area contributed by atoms with Crippen molar-refractivity contribution in [3.8, 4) is 0 Å². The first-order valence-electron chi connectivity index (χ1n) is 9.33. The van der Waals surface area contributed by atoms with Crippen LogP contribution in [0.25, 0.3) is 0 Å². The molecule has 1 saturated carbocycles. The Morgan fingerprint density at radius 3 is 2.65 bits per heavy atom. The van der Waals surface area contributed by atoms with Gasteiger partial charge >= 0.3 is 6.03 Å². The summed E-state index contributed by atoms with van der Waals surface area (Å²) in [4.78, 5) is 26.6. The van der Waals surface area contributed by atoms with Gasteiger partial charge < -0.3 is 15.5 Å². The van der Waals surface area contributed by atoms with Gasteiger partial charge in [-0.1, -0.05) is 19.9 Å². The minimum Gasteiger partial charge on any atom is -0.336 e. The fourth-order valence-corrected chi connectivity index (χ4v) is 5.13. The lowest BCUT2D eigenvalue weighted by Gasteiger charge is -2.41. The average Bonchev–Trinajstić information content (AvgIpc) is 3.46. The Morgan fingerprint density at radius 1 is 1.27 bits per heavy atom. The Labute approximate surface area is 157 Å². The molecule has 1 aromatic rings. The number of nitrogens with one attached hydrogen (secondary N) is 2. The van der Waals surface area contributed by atoms with Gasteiger partial charge in [0.05, 0.1) is 4.75 Å². The lowest BCUT2D eigenvalue weighted by Crippen LogP contribution is -2.54. The van der Waals surface area contributed by atoms with Crippen molar-refractivity contribution < 1.29 is 13.8 Å². The molecule has 1 aliphatic carbocycles. The maximum Gasteiger partial charge on any atom is 0.319 e. The molecule has 1 saturated heterocycles. The highest BCUT2D eigenvalue weighted by Gasteiger charge is 2.40. The molecule has 0 bridgehead atoms. The Kier molecular flexibility index (Phi) is 5.65. The molecule has 0 aromatic heterocycles. The van der Waals surface area contributed by atoms with Gasteiger partial charge in [-0.3, -0.25) is 9.00 Å². The summed E-state index contributed by atoms with van der Waals surface area (Å²) in [5.41, 5.74) is 1.15. The van der Waals surface area contributed by atoms with Crippen LogP contribution in [0, 0.1) is 0 Å². The standard InChI is InChI=1S/C19H27N3O3S/c1-3-19(4-2)13-22(10-11-26(19)25)17(23)14-6-5-7-16(12-14)21-18(24)20-15-8-9-15/h5-7,12,15H,3-4,8-11,13H2,1-2H3,(H2,20,21,24). The molecule has 1 unspecified atom stereocenters. The highest BCUT2D eigenvalue weighted by Crippen LogP contribution is 2.29.